The molecule has 1 aromatic carbocycles. The number of halogens is 1. The summed E-state index contributed by atoms with van der Waals surface area (Å²) in [5.41, 5.74) is 3.65. The fourth-order valence-corrected chi connectivity index (χ4v) is 3.47. The van der Waals surface area contributed by atoms with E-state index in [4.69, 9.17) is 0 Å². The molecule has 0 aliphatic carbocycles. The van der Waals surface area contributed by atoms with E-state index in [-0.39, 0.29) is 24.0 Å². The summed E-state index contributed by atoms with van der Waals surface area (Å²) in [6, 6.07) is 15.5. The minimum Gasteiger partial charge on any atom is -0.352 e. The van der Waals surface area contributed by atoms with Gasteiger partial charge in [0.05, 0.1) is 12.2 Å². The summed E-state index contributed by atoms with van der Waals surface area (Å²) in [5.74, 6) is 0.784. The third-order valence-corrected chi connectivity index (χ3v) is 5.20. The lowest BCUT2D eigenvalue weighted by molar-refractivity contribution is 0.152. The molecule has 1 saturated heterocycles. The summed E-state index contributed by atoms with van der Waals surface area (Å²) in [5, 5.41) is 6.66. The maximum Gasteiger partial charge on any atom is 0.191 e. The van der Waals surface area contributed by atoms with Crippen LogP contribution in [-0.2, 0) is 19.6 Å². The molecular weight excluding hydrogens is 461 g/mol. The largest absolute Gasteiger partial charge is 0.352 e. The van der Waals surface area contributed by atoms with Gasteiger partial charge in [-0.25, -0.2) is 0 Å². The summed E-state index contributed by atoms with van der Waals surface area (Å²) < 4.78 is 0. The van der Waals surface area contributed by atoms with Gasteiger partial charge in [-0.15, -0.1) is 24.0 Å². The van der Waals surface area contributed by atoms with Gasteiger partial charge in [-0.05, 0) is 49.6 Å². The van der Waals surface area contributed by atoms with Crippen LogP contribution in [0.5, 0.6) is 0 Å². The second-order valence-electron chi connectivity index (χ2n) is 7.23. The summed E-state index contributed by atoms with van der Waals surface area (Å²) >= 11 is 0. The number of nitrogens with zero attached hydrogens (tertiary/aromatic N) is 3. The Kier molecular flexibility index (Phi) is 9.70. The number of nitrogens with one attached hydrogen (secondary N) is 2. The first-order valence-corrected chi connectivity index (χ1v) is 9.91. The lowest BCUT2D eigenvalue weighted by Crippen LogP contribution is -2.37. The lowest BCUT2D eigenvalue weighted by Gasteiger charge is -2.33. The Morgan fingerprint density at radius 2 is 1.82 bits per heavy atom. The van der Waals surface area contributed by atoms with Crippen molar-refractivity contribution in [2.45, 2.75) is 51.9 Å². The lowest BCUT2D eigenvalue weighted by atomic mass is 10.0. The molecule has 1 atom stereocenters. The van der Waals surface area contributed by atoms with E-state index < -0.39 is 0 Å². The Morgan fingerprint density at radius 1 is 1.07 bits per heavy atom. The van der Waals surface area contributed by atoms with Crippen LogP contribution in [0.25, 0.3) is 0 Å². The van der Waals surface area contributed by atoms with Crippen molar-refractivity contribution in [1.82, 2.24) is 20.5 Å². The van der Waals surface area contributed by atoms with Crippen molar-refractivity contribution in [3.05, 3.63) is 65.5 Å². The zero-order chi connectivity index (χ0) is 18.9. The van der Waals surface area contributed by atoms with E-state index in [0.29, 0.717) is 12.6 Å². The summed E-state index contributed by atoms with van der Waals surface area (Å²) in [4.78, 5) is 11.2. The van der Waals surface area contributed by atoms with Gasteiger partial charge < -0.3 is 10.6 Å². The highest BCUT2D eigenvalue weighted by molar-refractivity contribution is 14.0. The van der Waals surface area contributed by atoms with Crippen LogP contribution >= 0.6 is 24.0 Å². The van der Waals surface area contributed by atoms with Gasteiger partial charge >= 0.3 is 0 Å². The molecular formula is C22H32IN5. The zero-order valence-corrected chi connectivity index (χ0v) is 19.2. The average molecular weight is 493 g/mol. The summed E-state index contributed by atoms with van der Waals surface area (Å²) in [7, 11) is 1.79. The van der Waals surface area contributed by atoms with Crippen LogP contribution in [0.15, 0.2) is 53.7 Å². The SMILES string of the molecule is CN=C(NCc1ccc(CN2CCCCC2C)cc1)NCc1ccccn1.I. The van der Waals surface area contributed by atoms with Crippen molar-refractivity contribution in [3.63, 3.8) is 0 Å². The number of aliphatic imine (C=N–C) groups is 1. The fourth-order valence-electron chi connectivity index (χ4n) is 3.47. The first-order valence-electron chi connectivity index (χ1n) is 9.91. The standard InChI is InChI=1S/C22H31N5.HI/c1-18-7-4-6-14-27(18)17-20-11-9-19(10-12-20)15-25-22(23-2)26-16-21-8-3-5-13-24-21;/h3,5,8-13,18H,4,6-7,14-17H2,1-2H3,(H2,23,25,26);1H. The van der Waals surface area contributed by atoms with Crippen molar-refractivity contribution < 1.29 is 0 Å². The van der Waals surface area contributed by atoms with E-state index in [2.05, 4.69) is 56.7 Å². The molecule has 0 saturated carbocycles. The number of benzene rings is 1. The molecule has 1 aliphatic heterocycles. The van der Waals surface area contributed by atoms with Crippen LogP contribution in [0.2, 0.25) is 0 Å². The Bertz CT molecular complexity index is 717. The zero-order valence-electron chi connectivity index (χ0n) is 16.9. The van der Waals surface area contributed by atoms with Gasteiger partial charge in [-0.2, -0.15) is 0 Å². The molecule has 2 aromatic rings. The van der Waals surface area contributed by atoms with E-state index in [1.54, 1.807) is 13.2 Å². The highest BCUT2D eigenvalue weighted by Crippen LogP contribution is 2.19. The molecule has 3 rings (SSSR count). The molecule has 1 aliphatic rings. The predicted molar refractivity (Wildman–Crippen MR) is 127 cm³/mol. The topological polar surface area (TPSA) is 52.6 Å². The quantitative estimate of drug-likeness (QED) is 0.364. The summed E-state index contributed by atoms with van der Waals surface area (Å²) in [6.45, 7) is 6.04. The average Bonchev–Trinajstić information content (AvgIpc) is 2.72. The molecule has 5 nitrogen and oxygen atoms in total. The third-order valence-electron chi connectivity index (χ3n) is 5.20. The summed E-state index contributed by atoms with van der Waals surface area (Å²) in [6.07, 6.45) is 5.83. The molecule has 1 unspecified atom stereocenters. The van der Waals surface area contributed by atoms with E-state index in [1.165, 1.54) is 36.9 Å². The molecule has 2 N–H and O–H groups in total. The molecule has 6 heteroatoms. The number of pyridine rings is 1. The molecule has 0 spiro atoms. The second kappa shape index (κ2) is 12.0. The highest BCUT2D eigenvalue weighted by Gasteiger charge is 2.17. The van der Waals surface area contributed by atoms with Crippen LogP contribution in [-0.4, -0.2) is 35.5 Å². The van der Waals surface area contributed by atoms with E-state index >= 15 is 0 Å². The van der Waals surface area contributed by atoms with Crippen LogP contribution in [0.4, 0.5) is 0 Å². The van der Waals surface area contributed by atoms with Crippen molar-refractivity contribution in [2.24, 2.45) is 4.99 Å². The molecule has 1 fully saturated rings. The monoisotopic (exact) mass is 493 g/mol. The van der Waals surface area contributed by atoms with Gasteiger partial charge in [0.15, 0.2) is 5.96 Å². The Balaban J connectivity index is 0.00000280. The van der Waals surface area contributed by atoms with Crippen molar-refractivity contribution in [2.75, 3.05) is 13.6 Å². The van der Waals surface area contributed by atoms with E-state index in [9.17, 15) is 0 Å². The van der Waals surface area contributed by atoms with Gasteiger partial charge in [0.2, 0.25) is 0 Å². The predicted octanol–water partition coefficient (Wildman–Crippen LogP) is 3.94. The van der Waals surface area contributed by atoms with Gasteiger partial charge in [0, 0.05) is 32.4 Å². The number of guanidine groups is 1. The highest BCUT2D eigenvalue weighted by atomic mass is 127. The molecule has 28 heavy (non-hydrogen) atoms. The Labute approximate surface area is 186 Å². The maximum absolute atomic E-state index is 4.32. The normalized spacial score (nSPS) is 17.6. The molecule has 152 valence electrons. The fraction of sp³-hybridized carbons (Fsp3) is 0.455. The van der Waals surface area contributed by atoms with Crippen LogP contribution in [0.1, 0.15) is 43.0 Å². The van der Waals surface area contributed by atoms with Crippen LogP contribution in [0, 0.1) is 0 Å². The number of rotatable bonds is 6. The minimum absolute atomic E-state index is 0. The Hall–Kier alpha value is -1.67. The third kappa shape index (κ3) is 7.05. The van der Waals surface area contributed by atoms with Crippen molar-refractivity contribution >= 4 is 29.9 Å². The smallest absolute Gasteiger partial charge is 0.191 e. The second-order valence-corrected chi connectivity index (χ2v) is 7.23. The maximum atomic E-state index is 4.32. The molecule has 0 bridgehead atoms. The van der Waals surface area contributed by atoms with Gasteiger partial charge in [-0.3, -0.25) is 14.9 Å². The van der Waals surface area contributed by atoms with Crippen molar-refractivity contribution in [3.8, 4) is 0 Å². The minimum atomic E-state index is 0. The number of piperidine rings is 1. The number of hydrogen-bond donors (Lipinski definition) is 2. The first-order chi connectivity index (χ1) is 13.2. The van der Waals surface area contributed by atoms with Gasteiger partial charge in [-0.1, -0.05) is 36.8 Å². The molecule has 0 amide bonds. The molecule has 2 heterocycles. The van der Waals surface area contributed by atoms with Gasteiger partial charge in [0.1, 0.15) is 0 Å². The van der Waals surface area contributed by atoms with Gasteiger partial charge in [0.25, 0.3) is 0 Å². The van der Waals surface area contributed by atoms with Crippen LogP contribution in [0.3, 0.4) is 0 Å². The Morgan fingerprint density at radius 3 is 2.50 bits per heavy atom. The molecule has 0 radical (unpaired) electrons. The van der Waals surface area contributed by atoms with Crippen LogP contribution < -0.4 is 10.6 Å². The van der Waals surface area contributed by atoms with E-state index in [0.717, 1.165) is 24.7 Å². The number of hydrogen-bond acceptors (Lipinski definition) is 3. The van der Waals surface area contributed by atoms with E-state index in [1.807, 2.05) is 18.2 Å². The number of aromatic nitrogens is 1. The first kappa shape index (κ1) is 22.6. The molecule has 1 aromatic heterocycles. The van der Waals surface area contributed by atoms with Crippen molar-refractivity contribution in [1.29, 1.82) is 0 Å². The number of likely N-dealkylation sites (tertiary alicyclic amines) is 1.